The van der Waals surface area contributed by atoms with Crippen molar-refractivity contribution < 1.29 is 4.74 Å². The molecule has 1 heterocycles. The SMILES string of the molecule is CN(C)Cc1cccc(OCCCNc2nc(-c3ccccc3)n[nH]2)c1. The zero-order chi connectivity index (χ0) is 18.2. The number of hydrogen-bond donors (Lipinski definition) is 2. The van der Waals surface area contributed by atoms with E-state index in [1.165, 1.54) is 5.56 Å². The highest BCUT2D eigenvalue weighted by Crippen LogP contribution is 2.16. The molecular formula is C20H25N5O. The number of H-pyrrole nitrogens is 1. The van der Waals surface area contributed by atoms with Crippen molar-refractivity contribution in [2.45, 2.75) is 13.0 Å². The van der Waals surface area contributed by atoms with E-state index in [1.54, 1.807) is 0 Å². The molecule has 0 saturated heterocycles. The molecule has 2 aromatic carbocycles. The highest BCUT2D eigenvalue weighted by Gasteiger charge is 2.04. The maximum atomic E-state index is 5.84. The Morgan fingerprint density at radius 1 is 1.08 bits per heavy atom. The van der Waals surface area contributed by atoms with E-state index in [0.717, 1.165) is 30.8 Å². The number of rotatable bonds is 9. The monoisotopic (exact) mass is 351 g/mol. The van der Waals surface area contributed by atoms with Crippen LogP contribution in [0.4, 0.5) is 5.95 Å². The van der Waals surface area contributed by atoms with Gasteiger partial charge in [0.15, 0.2) is 5.82 Å². The van der Waals surface area contributed by atoms with Gasteiger partial charge in [0.25, 0.3) is 0 Å². The summed E-state index contributed by atoms with van der Waals surface area (Å²) in [6, 6.07) is 18.1. The summed E-state index contributed by atoms with van der Waals surface area (Å²) in [5, 5.41) is 10.4. The molecule has 3 aromatic rings. The molecule has 1 aromatic heterocycles. The molecule has 2 N–H and O–H groups in total. The van der Waals surface area contributed by atoms with E-state index >= 15 is 0 Å². The van der Waals surface area contributed by atoms with Gasteiger partial charge in [-0.2, -0.15) is 10.1 Å². The number of aromatic amines is 1. The third-order valence-corrected chi connectivity index (χ3v) is 3.80. The standard InChI is InChI=1S/C20H25N5O/c1-25(2)15-16-8-6-11-18(14-16)26-13-7-12-21-20-22-19(23-24-20)17-9-4-3-5-10-17/h3-6,8-11,14H,7,12-13,15H2,1-2H3,(H2,21,22,23,24). The van der Waals surface area contributed by atoms with Crippen LogP contribution in [0.5, 0.6) is 5.75 Å². The van der Waals surface area contributed by atoms with Gasteiger partial charge in [-0.15, -0.1) is 0 Å². The fourth-order valence-corrected chi connectivity index (χ4v) is 2.62. The second-order valence-electron chi connectivity index (χ2n) is 6.39. The lowest BCUT2D eigenvalue weighted by molar-refractivity contribution is 0.313. The van der Waals surface area contributed by atoms with Crippen LogP contribution in [-0.2, 0) is 6.54 Å². The van der Waals surface area contributed by atoms with E-state index in [4.69, 9.17) is 4.74 Å². The van der Waals surface area contributed by atoms with E-state index in [0.29, 0.717) is 18.4 Å². The molecule has 136 valence electrons. The maximum absolute atomic E-state index is 5.84. The molecule has 3 rings (SSSR count). The molecule has 0 radical (unpaired) electrons. The summed E-state index contributed by atoms with van der Waals surface area (Å²) in [6.45, 7) is 2.33. The lowest BCUT2D eigenvalue weighted by atomic mass is 10.2. The Labute approximate surface area is 154 Å². The normalized spacial score (nSPS) is 10.9. The topological polar surface area (TPSA) is 66.1 Å². The van der Waals surface area contributed by atoms with Gasteiger partial charge in [0.1, 0.15) is 5.75 Å². The quantitative estimate of drug-likeness (QED) is 0.578. The number of aromatic nitrogens is 3. The van der Waals surface area contributed by atoms with E-state index < -0.39 is 0 Å². The first-order valence-corrected chi connectivity index (χ1v) is 8.79. The van der Waals surface area contributed by atoms with E-state index in [-0.39, 0.29) is 0 Å². The molecule has 0 aliphatic heterocycles. The Kier molecular flexibility index (Phi) is 6.22. The van der Waals surface area contributed by atoms with Crippen LogP contribution >= 0.6 is 0 Å². The minimum Gasteiger partial charge on any atom is -0.494 e. The summed E-state index contributed by atoms with van der Waals surface area (Å²) in [4.78, 5) is 6.60. The Bertz CT molecular complexity index is 801. The van der Waals surface area contributed by atoms with Crippen LogP contribution in [0.15, 0.2) is 54.6 Å². The van der Waals surface area contributed by atoms with Crippen LogP contribution in [0.1, 0.15) is 12.0 Å². The molecule has 0 unspecified atom stereocenters. The molecule has 6 heteroatoms. The minimum absolute atomic E-state index is 0.651. The van der Waals surface area contributed by atoms with Crippen molar-refractivity contribution in [3.63, 3.8) is 0 Å². The number of nitrogens with one attached hydrogen (secondary N) is 2. The largest absolute Gasteiger partial charge is 0.494 e. The molecule has 0 fully saturated rings. The van der Waals surface area contributed by atoms with Crippen molar-refractivity contribution in [2.75, 3.05) is 32.6 Å². The van der Waals surface area contributed by atoms with Crippen molar-refractivity contribution in [3.05, 3.63) is 60.2 Å². The Balaban J connectivity index is 1.40. The third-order valence-electron chi connectivity index (χ3n) is 3.80. The molecule has 0 bridgehead atoms. The third kappa shape index (κ3) is 5.32. The molecule has 0 saturated carbocycles. The molecule has 0 spiro atoms. The van der Waals surface area contributed by atoms with Crippen LogP contribution in [0.2, 0.25) is 0 Å². The second kappa shape index (κ2) is 9.01. The van der Waals surface area contributed by atoms with Gasteiger partial charge in [0, 0.05) is 18.7 Å². The highest BCUT2D eigenvalue weighted by molar-refractivity contribution is 5.55. The summed E-state index contributed by atoms with van der Waals surface area (Å²) < 4.78 is 5.84. The van der Waals surface area contributed by atoms with Crippen molar-refractivity contribution in [1.29, 1.82) is 0 Å². The molecule has 0 atom stereocenters. The van der Waals surface area contributed by atoms with E-state index in [1.807, 2.05) is 42.5 Å². The van der Waals surface area contributed by atoms with Gasteiger partial charge in [0.2, 0.25) is 5.95 Å². The smallest absolute Gasteiger partial charge is 0.219 e. The van der Waals surface area contributed by atoms with E-state index in [2.05, 4.69) is 51.6 Å². The molecule has 0 aliphatic rings. The summed E-state index contributed by atoms with van der Waals surface area (Å²) in [5.74, 6) is 2.29. The Morgan fingerprint density at radius 3 is 2.73 bits per heavy atom. The molecule has 6 nitrogen and oxygen atoms in total. The first kappa shape index (κ1) is 17.9. The lowest BCUT2D eigenvalue weighted by Crippen LogP contribution is -2.11. The maximum Gasteiger partial charge on any atom is 0.219 e. The number of nitrogens with zero attached hydrogens (tertiary/aromatic N) is 3. The summed E-state index contributed by atoms with van der Waals surface area (Å²) in [7, 11) is 4.12. The zero-order valence-electron chi connectivity index (χ0n) is 15.3. The molecule has 26 heavy (non-hydrogen) atoms. The molecule has 0 amide bonds. The first-order chi connectivity index (χ1) is 12.7. The van der Waals surface area contributed by atoms with Crippen LogP contribution in [0.3, 0.4) is 0 Å². The first-order valence-electron chi connectivity index (χ1n) is 8.79. The van der Waals surface area contributed by atoms with Crippen LogP contribution in [-0.4, -0.2) is 47.3 Å². The fraction of sp³-hybridized carbons (Fsp3) is 0.300. The number of hydrogen-bond acceptors (Lipinski definition) is 5. The summed E-state index contributed by atoms with van der Waals surface area (Å²) in [6.07, 6.45) is 0.874. The minimum atomic E-state index is 0.651. The van der Waals surface area contributed by atoms with Gasteiger partial charge in [-0.1, -0.05) is 42.5 Å². The van der Waals surface area contributed by atoms with Crippen molar-refractivity contribution >= 4 is 5.95 Å². The van der Waals surface area contributed by atoms with Gasteiger partial charge < -0.3 is 15.0 Å². The summed E-state index contributed by atoms with van der Waals surface area (Å²) in [5.41, 5.74) is 2.25. The van der Waals surface area contributed by atoms with Gasteiger partial charge in [-0.3, -0.25) is 0 Å². The average Bonchev–Trinajstić information content (AvgIpc) is 3.11. The lowest BCUT2D eigenvalue weighted by Gasteiger charge is -2.11. The van der Waals surface area contributed by atoms with Crippen molar-refractivity contribution in [1.82, 2.24) is 20.1 Å². The fourth-order valence-electron chi connectivity index (χ4n) is 2.62. The van der Waals surface area contributed by atoms with Crippen LogP contribution < -0.4 is 10.1 Å². The number of anilines is 1. The zero-order valence-corrected chi connectivity index (χ0v) is 15.3. The second-order valence-corrected chi connectivity index (χ2v) is 6.39. The van der Waals surface area contributed by atoms with Crippen LogP contribution in [0, 0.1) is 0 Å². The molecular weight excluding hydrogens is 326 g/mol. The Hall–Kier alpha value is -2.86. The predicted molar refractivity (Wildman–Crippen MR) is 104 cm³/mol. The van der Waals surface area contributed by atoms with Crippen molar-refractivity contribution in [3.8, 4) is 17.1 Å². The predicted octanol–water partition coefficient (Wildman–Crippen LogP) is 3.41. The number of ether oxygens (including phenoxy) is 1. The van der Waals surface area contributed by atoms with E-state index in [9.17, 15) is 0 Å². The van der Waals surface area contributed by atoms with Gasteiger partial charge in [0.05, 0.1) is 6.61 Å². The van der Waals surface area contributed by atoms with Crippen LogP contribution in [0.25, 0.3) is 11.4 Å². The highest BCUT2D eigenvalue weighted by atomic mass is 16.5. The van der Waals surface area contributed by atoms with Gasteiger partial charge in [-0.05, 0) is 38.2 Å². The van der Waals surface area contributed by atoms with Gasteiger partial charge >= 0.3 is 0 Å². The average molecular weight is 351 g/mol. The summed E-state index contributed by atoms with van der Waals surface area (Å²) >= 11 is 0. The number of benzene rings is 2. The molecule has 0 aliphatic carbocycles. The van der Waals surface area contributed by atoms with Crippen molar-refractivity contribution in [2.24, 2.45) is 0 Å². The van der Waals surface area contributed by atoms with Gasteiger partial charge in [-0.25, -0.2) is 5.10 Å². The Morgan fingerprint density at radius 2 is 1.92 bits per heavy atom.